The Hall–Kier alpha value is -1.02. The maximum Gasteiger partial charge on any atom is 0.123 e. The number of carbonyl (C=O) groups excluding carboxylic acids is 1. The van der Waals surface area contributed by atoms with E-state index in [1.165, 1.54) is 0 Å². The second kappa shape index (κ2) is 3.98. The topological polar surface area (TPSA) is 65.8 Å². The fourth-order valence-electron chi connectivity index (χ4n) is 0.542. The highest BCUT2D eigenvalue weighted by Gasteiger charge is 2.24. The van der Waals surface area contributed by atoms with Gasteiger partial charge in [-0.05, 0) is 10.9 Å². The van der Waals surface area contributed by atoms with Crippen LogP contribution >= 0.6 is 0 Å². The largest absolute Gasteiger partial charge is 0.303 e. The van der Waals surface area contributed by atoms with Crippen molar-refractivity contribution in [2.75, 3.05) is 6.54 Å². The van der Waals surface area contributed by atoms with E-state index >= 15 is 0 Å². The third kappa shape index (κ3) is 3.05. The lowest BCUT2D eigenvalue weighted by atomic mass is 9.81. The fraction of sp³-hybridized carbons (Fsp3) is 0.857. The Morgan fingerprint density at radius 1 is 1.73 bits per heavy atom. The van der Waals surface area contributed by atoms with Gasteiger partial charge in [-0.1, -0.05) is 25.9 Å². The first-order valence-corrected chi connectivity index (χ1v) is 3.50. The van der Waals surface area contributed by atoms with Crippen molar-refractivity contribution < 1.29 is 4.79 Å². The lowest BCUT2D eigenvalue weighted by Gasteiger charge is -2.25. The Labute approximate surface area is 66.2 Å². The van der Waals surface area contributed by atoms with Crippen molar-refractivity contribution in [1.29, 1.82) is 0 Å². The van der Waals surface area contributed by atoms with Crippen LogP contribution in [0.25, 0.3) is 10.4 Å². The minimum Gasteiger partial charge on any atom is -0.303 e. The van der Waals surface area contributed by atoms with Gasteiger partial charge in [0, 0.05) is 17.4 Å². The van der Waals surface area contributed by atoms with Gasteiger partial charge in [-0.25, -0.2) is 0 Å². The van der Waals surface area contributed by atoms with Crippen LogP contribution in [0, 0.1) is 11.3 Å². The van der Waals surface area contributed by atoms with Gasteiger partial charge in [-0.2, -0.15) is 0 Å². The van der Waals surface area contributed by atoms with Gasteiger partial charge >= 0.3 is 0 Å². The van der Waals surface area contributed by atoms with Gasteiger partial charge in [0.25, 0.3) is 0 Å². The molecule has 1 atom stereocenters. The molecule has 4 heteroatoms. The number of nitrogens with zero attached hydrogens (tertiary/aromatic N) is 3. The molecule has 0 aliphatic carbocycles. The predicted octanol–water partition coefficient (Wildman–Crippen LogP) is 2.16. The maximum absolute atomic E-state index is 10.4. The van der Waals surface area contributed by atoms with Crippen LogP contribution in [0.5, 0.6) is 0 Å². The third-order valence-corrected chi connectivity index (χ3v) is 1.98. The smallest absolute Gasteiger partial charge is 0.123 e. The van der Waals surface area contributed by atoms with E-state index in [4.69, 9.17) is 5.53 Å². The molecule has 0 aromatic heterocycles. The highest BCUT2D eigenvalue weighted by Crippen LogP contribution is 2.24. The van der Waals surface area contributed by atoms with Crippen LogP contribution in [0.15, 0.2) is 5.11 Å². The number of hydrogen-bond acceptors (Lipinski definition) is 2. The molecule has 62 valence electrons. The monoisotopic (exact) mass is 155 g/mol. The molecule has 0 aromatic rings. The van der Waals surface area contributed by atoms with Gasteiger partial charge < -0.3 is 4.79 Å². The number of azide groups is 1. The molecule has 0 fully saturated rings. The average molecular weight is 155 g/mol. The van der Waals surface area contributed by atoms with Crippen molar-refractivity contribution in [3.05, 3.63) is 10.4 Å². The van der Waals surface area contributed by atoms with Crippen LogP contribution in [0.2, 0.25) is 0 Å². The van der Waals surface area contributed by atoms with Gasteiger partial charge in [-0.15, -0.1) is 0 Å². The molecule has 0 N–H and O–H groups in total. The summed E-state index contributed by atoms with van der Waals surface area (Å²) in [6, 6.07) is 0. The molecule has 0 saturated heterocycles. The molecule has 0 aliphatic rings. The van der Waals surface area contributed by atoms with Crippen molar-refractivity contribution in [1.82, 2.24) is 0 Å². The highest BCUT2D eigenvalue weighted by molar-refractivity contribution is 5.54. The zero-order valence-electron chi connectivity index (χ0n) is 7.11. The molecule has 0 bridgehead atoms. The summed E-state index contributed by atoms with van der Waals surface area (Å²) in [5.74, 6) is -0.0759. The Morgan fingerprint density at radius 2 is 2.27 bits per heavy atom. The summed E-state index contributed by atoms with van der Waals surface area (Å²) in [4.78, 5) is 13.0. The molecular weight excluding hydrogens is 142 g/mol. The van der Waals surface area contributed by atoms with E-state index in [2.05, 4.69) is 10.0 Å². The number of rotatable bonds is 4. The quantitative estimate of drug-likeness (QED) is 0.265. The molecule has 0 aliphatic heterocycles. The second-order valence-corrected chi connectivity index (χ2v) is 3.30. The molecule has 0 aromatic carbocycles. The number of carbonyl (C=O) groups is 1. The first-order valence-electron chi connectivity index (χ1n) is 3.50. The molecule has 0 heterocycles. The van der Waals surface area contributed by atoms with Crippen molar-refractivity contribution in [2.45, 2.75) is 20.8 Å². The van der Waals surface area contributed by atoms with Crippen molar-refractivity contribution in [3.63, 3.8) is 0 Å². The minimum absolute atomic E-state index is 0.0759. The van der Waals surface area contributed by atoms with E-state index in [1.54, 1.807) is 0 Å². The fourth-order valence-corrected chi connectivity index (χ4v) is 0.542. The zero-order valence-corrected chi connectivity index (χ0v) is 7.11. The van der Waals surface area contributed by atoms with Crippen molar-refractivity contribution in [3.8, 4) is 0 Å². The Bertz CT molecular complexity index is 182. The molecule has 0 spiro atoms. The SMILES string of the molecule is CC(C=O)C(C)(C)CN=[N+]=[N-]. The Morgan fingerprint density at radius 3 is 2.64 bits per heavy atom. The summed E-state index contributed by atoms with van der Waals surface area (Å²) in [5, 5.41) is 3.43. The second-order valence-electron chi connectivity index (χ2n) is 3.30. The number of aldehydes is 1. The Kier molecular flexibility index (Phi) is 3.61. The highest BCUT2D eigenvalue weighted by atomic mass is 16.1. The van der Waals surface area contributed by atoms with Gasteiger partial charge in [0.05, 0.1) is 0 Å². The predicted molar refractivity (Wildman–Crippen MR) is 43.0 cm³/mol. The molecule has 0 saturated carbocycles. The van der Waals surface area contributed by atoms with E-state index in [0.29, 0.717) is 6.54 Å². The van der Waals surface area contributed by atoms with Crippen LogP contribution in [-0.4, -0.2) is 12.8 Å². The zero-order chi connectivity index (χ0) is 8.91. The maximum atomic E-state index is 10.4. The minimum atomic E-state index is -0.228. The average Bonchev–Trinajstić information content (AvgIpc) is 1.99. The van der Waals surface area contributed by atoms with Crippen LogP contribution in [-0.2, 0) is 4.79 Å². The summed E-state index contributed by atoms with van der Waals surface area (Å²) < 4.78 is 0. The lowest BCUT2D eigenvalue weighted by Crippen LogP contribution is -2.25. The van der Waals surface area contributed by atoms with Crippen LogP contribution in [0.3, 0.4) is 0 Å². The van der Waals surface area contributed by atoms with Gasteiger partial charge in [0.15, 0.2) is 0 Å². The van der Waals surface area contributed by atoms with Crippen molar-refractivity contribution >= 4 is 6.29 Å². The normalized spacial score (nSPS) is 13.4. The van der Waals surface area contributed by atoms with E-state index in [1.807, 2.05) is 20.8 Å². The first-order chi connectivity index (χ1) is 5.04. The van der Waals surface area contributed by atoms with E-state index < -0.39 is 0 Å². The molecular formula is C7H13N3O. The molecule has 0 amide bonds. The molecule has 0 radical (unpaired) electrons. The molecule has 1 unspecified atom stereocenters. The lowest BCUT2D eigenvalue weighted by molar-refractivity contribution is -0.113. The molecule has 11 heavy (non-hydrogen) atoms. The first kappa shape index (κ1) is 9.98. The summed E-state index contributed by atoms with van der Waals surface area (Å²) >= 11 is 0. The van der Waals surface area contributed by atoms with E-state index in [9.17, 15) is 4.79 Å². The summed E-state index contributed by atoms with van der Waals surface area (Å²) in [7, 11) is 0. The summed E-state index contributed by atoms with van der Waals surface area (Å²) in [6.07, 6.45) is 0.882. The van der Waals surface area contributed by atoms with Crippen LogP contribution < -0.4 is 0 Å². The summed E-state index contributed by atoms with van der Waals surface area (Å²) in [6.45, 7) is 5.99. The Balaban J connectivity index is 4.18. The van der Waals surface area contributed by atoms with E-state index in [-0.39, 0.29) is 11.3 Å². The van der Waals surface area contributed by atoms with E-state index in [0.717, 1.165) is 6.29 Å². The molecule has 0 rings (SSSR count). The summed E-state index contributed by atoms with van der Waals surface area (Å²) in [5.41, 5.74) is 7.83. The molecule has 4 nitrogen and oxygen atoms in total. The standard InChI is InChI=1S/C7H13N3O/c1-6(4-11)7(2,3)5-9-10-8/h4,6H,5H2,1-3H3. The number of hydrogen-bond donors (Lipinski definition) is 0. The third-order valence-electron chi connectivity index (χ3n) is 1.98. The van der Waals surface area contributed by atoms with Crippen LogP contribution in [0.1, 0.15) is 20.8 Å². The van der Waals surface area contributed by atoms with Crippen molar-refractivity contribution in [2.24, 2.45) is 16.4 Å². The van der Waals surface area contributed by atoms with Gasteiger partial charge in [0.2, 0.25) is 0 Å². The van der Waals surface area contributed by atoms with Crippen LogP contribution in [0.4, 0.5) is 0 Å². The van der Waals surface area contributed by atoms with Gasteiger partial charge in [-0.3, -0.25) is 0 Å². The van der Waals surface area contributed by atoms with Gasteiger partial charge in [0.1, 0.15) is 6.29 Å².